The van der Waals surface area contributed by atoms with Crippen LogP contribution in [0.4, 0.5) is 0 Å². The smallest absolute Gasteiger partial charge is 0.333 e. The first-order valence-electron chi connectivity index (χ1n) is 10.5. The van der Waals surface area contributed by atoms with E-state index in [0.29, 0.717) is 11.3 Å². The molecular formula is C26H24N4O3. The summed E-state index contributed by atoms with van der Waals surface area (Å²) < 4.78 is 3.15. The third-order valence-corrected chi connectivity index (χ3v) is 5.64. The maximum Gasteiger partial charge on any atom is 0.333 e. The number of hydrogen-bond donors (Lipinski definition) is 3. The molecule has 0 aliphatic carbocycles. The Bertz CT molecular complexity index is 1370. The number of amidine groups is 1. The van der Waals surface area contributed by atoms with Crippen molar-refractivity contribution in [2.45, 2.75) is 19.9 Å². The summed E-state index contributed by atoms with van der Waals surface area (Å²) in [5.41, 5.74) is 10.9. The number of carboxylic acid groups (broad SMARTS) is 1. The highest BCUT2D eigenvalue weighted by Crippen LogP contribution is 2.29. The molecule has 0 aliphatic rings. The van der Waals surface area contributed by atoms with Gasteiger partial charge >= 0.3 is 11.7 Å². The van der Waals surface area contributed by atoms with Crippen LogP contribution in [0.1, 0.15) is 17.7 Å². The zero-order valence-corrected chi connectivity index (χ0v) is 18.2. The van der Waals surface area contributed by atoms with Crippen LogP contribution in [-0.4, -0.2) is 26.0 Å². The van der Waals surface area contributed by atoms with E-state index in [1.54, 1.807) is 4.57 Å². The highest BCUT2D eigenvalue weighted by atomic mass is 16.4. The molecule has 0 spiro atoms. The number of aliphatic carboxylic acids is 1. The lowest BCUT2D eigenvalue weighted by Crippen LogP contribution is -2.25. The molecule has 4 N–H and O–H groups in total. The second-order valence-corrected chi connectivity index (χ2v) is 7.75. The Kier molecular flexibility index (Phi) is 5.95. The number of nitrogen functional groups attached to an aromatic ring is 1. The van der Waals surface area contributed by atoms with E-state index < -0.39 is 5.97 Å². The standard InChI is InChI=1S/C26H24N4O3/c1-17-24(20-11-7-18(8-12-20)19-9-13-21(14-10-19)25(27)28)30(22-5-3-2-4-6-22)26(33)29(17)16-15-23(31)32/h2-14H,15-16H2,1H3,(H3,27,28)(H,31,32). The molecule has 7 nitrogen and oxygen atoms in total. The van der Waals surface area contributed by atoms with Crippen LogP contribution in [0.25, 0.3) is 28.1 Å². The monoisotopic (exact) mass is 440 g/mol. The van der Waals surface area contributed by atoms with Gasteiger partial charge in [-0.1, -0.05) is 66.7 Å². The molecule has 33 heavy (non-hydrogen) atoms. The summed E-state index contributed by atoms with van der Waals surface area (Å²) in [5, 5.41) is 16.6. The number of carbonyl (C=O) groups is 1. The molecule has 7 heteroatoms. The minimum Gasteiger partial charge on any atom is -0.481 e. The van der Waals surface area contributed by atoms with Crippen molar-refractivity contribution in [3.8, 4) is 28.1 Å². The van der Waals surface area contributed by atoms with Crippen LogP contribution in [-0.2, 0) is 11.3 Å². The molecule has 166 valence electrons. The number of imidazole rings is 1. The van der Waals surface area contributed by atoms with Gasteiger partial charge < -0.3 is 10.8 Å². The van der Waals surface area contributed by atoms with E-state index >= 15 is 0 Å². The van der Waals surface area contributed by atoms with Crippen molar-refractivity contribution in [3.05, 3.63) is 101 Å². The number of hydrogen-bond acceptors (Lipinski definition) is 3. The first kappa shape index (κ1) is 21.8. The maximum absolute atomic E-state index is 13.3. The van der Waals surface area contributed by atoms with Crippen LogP contribution < -0.4 is 11.4 Å². The molecule has 0 bridgehead atoms. The summed E-state index contributed by atoms with van der Waals surface area (Å²) in [5.74, 6) is -0.922. The van der Waals surface area contributed by atoms with Crippen molar-refractivity contribution in [2.75, 3.05) is 0 Å². The minimum absolute atomic E-state index is 0.0265. The summed E-state index contributed by atoms with van der Waals surface area (Å²) in [4.78, 5) is 24.4. The summed E-state index contributed by atoms with van der Waals surface area (Å²) in [6.45, 7) is 1.94. The van der Waals surface area contributed by atoms with Crippen molar-refractivity contribution in [1.82, 2.24) is 9.13 Å². The minimum atomic E-state index is -0.949. The van der Waals surface area contributed by atoms with Crippen molar-refractivity contribution >= 4 is 11.8 Å². The third-order valence-electron chi connectivity index (χ3n) is 5.64. The molecule has 0 fully saturated rings. The van der Waals surface area contributed by atoms with Crippen LogP contribution in [0, 0.1) is 12.3 Å². The Morgan fingerprint density at radius 1 is 0.909 bits per heavy atom. The lowest BCUT2D eigenvalue weighted by atomic mass is 10.0. The largest absolute Gasteiger partial charge is 0.481 e. The third kappa shape index (κ3) is 4.34. The second kappa shape index (κ2) is 9.00. The number of carboxylic acids is 1. The van der Waals surface area contributed by atoms with Gasteiger partial charge in [-0.15, -0.1) is 0 Å². The molecule has 1 heterocycles. The van der Waals surface area contributed by atoms with E-state index in [0.717, 1.165) is 28.1 Å². The van der Waals surface area contributed by atoms with Crippen molar-refractivity contribution < 1.29 is 9.90 Å². The van der Waals surface area contributed by atoms with E-state index in [9.17, 15) is 9.59 Å². The Labute approximate surface area is 190 Å². The summed E-state index contributed by atoms with van der Waals surface area (Å²) in [7, 11) is 0. The molecule has 3 aromatic carbocycles. The fourth-order valence-electron chi connectivity index (χ4n) is 3.94. The molecular weight excluding hydrogens is 416 g/mol. The Hall–Kier alpha value is -4.39. The van der Waals surface area contributed by atoms with E-state index in [2.05, 4.69) is 0 Å². The molecule has 4 rings (SSSR count). The number of aromatic nitrogens is 2. The predicted octanol–water partition coefficient (Wildman–Crippen LogP) is 4.04. The molecule has 0 amide bonds. The fraction of sp³-hybridized carbons (Fsp3) is 0.115. The zero-order chi connectivity index (χ0) is 23.5. The van der Waals surface area contributed by atoms with Crippen molar-refractivity contribution in [1.29, 1.82) is 5.41 Å². The summed E-state index contributed by atoms with van der Waals surface area (Å²) >= 11 is 0. The highest BCUT2D eigenvalue weighted by Gasteiger charge is 2.20. The van der Waals surface area contributed by atoms with Crippen LogP contribution in [0.3, 0.4) is 0 Å². The van der Waals surface area contributed by atoms with E-state index in [1.165, 1.54) is 4.57 Å². The quantitative estimate of drug-likeness (QED) is 0.297. The maximum atomic E-state index is 13.3. The number of nitrogens with zero attached hydrogens (tertiary/aromatic N) is 2. The SMILES string of the molecule is Cc1c(-c2ccc(-c3ccc(C(=N)N)cc3)cc2)n(-c2ccccc2)c(=O)n1CCC(=O)O. The van der Waals surface area contributed by atoms with Gasteiger partial charge in [0, 0.05) is 23.4 Å². The molecule has 1 aromatic heterocycles. The Morgan fingerprint density at radius 3 is 2.00 bits per heavy atom. The van der Waals surface area contributed by atoms with Gasteiger partial charge in [0.25, 0.3) is 0 Å². The van der Waals surface area contributed by atoms with Crippen LogP contribution in [0.15, 0.2) is 83.7 Å². The fourth-order valence-corrected chi connectivity index (χ4v) is 3.94. The molecule has 0 aliphatic heterocycles. The number of nitrogens with one attached hydrogen (secondary N) is 1. The highest BCUT2D eigenvalue weighted by molar-refractivity contribution is 5.95. The Morgan fingerprint density at radius 2 is 1.45 bits per heavy atom. The summed E-state index contributed by atoms with van der Waals surface area (Å²) in [6.07, 6.45) is -0.131. The van der Waals surface area contributed by atoms with Crippen LogP contribution in [0.2, 0.25) is 0 Å². The molecule has 0 unspecified atom stereocenters. The van der Waals surface area contributed by atoms with Gasteiger partial charge in [-0.2, -0.15) is 0 Å². The number of para-hydroxylation sites is 1. The van der Waals surface area contributed by atoms with Crippen LogP contribution >= 0.6 is 0 Å². The first-order valence-corrected chi connectivity index (χ1v) is 10.5. The van der Waals surface area contributed by atoms with Gasteiger partial charge in [0.05, 0.1) is 17.8 Å². The molecule has 0 saturated carbocycles. The first-order chi connectivity index (χ1) is 15.9. The van der Waals surface area contributed by atoms with Gasteiger partial charge in [-0.05, 0) is 30.2 Å². The molecule has 0 saturated heterocycles. The van der Waals surface area contributed by atoms with Crippen molar-refractivity contribution in [3.63, 3.8) is 0 Å². The van der Waals surface area contributed by atoms with E-state index in [1.807, 2.05) is 85.8 Å². The topological polar surface area (TPSA) is 114 Å². The average molecular weight is 441 g/mol. The van der Waals surface area contributed by atoms with Gasteiger partial charge in [0.1, 0.15) is 5.84 Å². The lowest BCUT2D eigenvalue weighted by molar-refractivity contribution is -0.137. The van der Waals surface area contributed by atoms with Crippen LogP contribution in [0.5, 0.6) is 0 Å². The average Bonchev–Trinajstić information content (AvgIpc) is 3.07. The number of nitrogens with two attached hydrogens (primary N) is 1. The molecule has 4 aromatic rings. The zero-order valence-electron chi connectivity index (χ0n) is 18.2. The van der Waals surface area contributed by atoms with E-state index in [4.69, 9.17) is 16.2 Å². The number of benzene rings is 3. The van der Waals surface area contributed by atoms with Gasteiger partial charge in [-0.25, -0.2) is 4.79 Å². The van der Waals surface area contributed by atoms with Crippen molar-refractivity contribution in [2.24, 2.45) is 5.73 Å². The number of rotatable bonds is 7. The molecule has 0 atom stereocenters. The lowest BCUT2D eigenvalue weighted by Gasteiger charge is -2.10. The van der Waals surface area contributed by atoms with E-state index in [-0.39, 0.29) is 24.5 Å². The predicted molar refractivity (Wildman–Crippen MR) is 129 cm³/mol. The Balaban J connectivity index is 1.79. The summed E-state index contributed by atoms with van der Waals surface area (Å²) in [6, 6.07) is 24.6. The van der Waals surface area contributed by atoms with Gasteiger partial charge in [0.15, 0.2) is 0 Å². The van der Waals surface area contributed by atoms with Gasteiger partial charge in [0.2, 0.25) is 0 Å². The van der Waals surface area contributed by atoms with Gasteiger partial charge in [-0.3, -0.25) is 19.3 Å². The second-order valence-electron chi connectivity index (χ2n) is 7.75. The normalized spacial score (nSPS) is 10.8. The molecule has 0 radical (unpaired) electrons.